The molecule has 0 spiro atoms. The summed E-state index contributed by atoms with van der Waals surface area (Å²) in [4.78, 5) is 0. The molecule has 0 aliphatic rings. The first kappa shape index (κ1) is 11.7. The highest BCUT2D eigenvalue weighted by atomic mass is 19.2. The highest BCUT2D eigenvalue weighted by Crippen LogP contribution is 2.27. The van der Waals surface area contributed by atoms with Gasteiger partial charge in [-0.1, -0.05) is 0 Å². The van der Waals surface area contributed by atoms with Crippen molar-refractivity contribution in [1.29, 1.82) is 0 Å². The summed E-state index contributed by atoms with van der Waals surface area (Å²) >= 11 is 0. The van der Waals surface area contributed by atoms with E-state index in [9.17, 15) is 8.78 Å². The molecule has 0 heterocycles. The van der Waals surface area contributed by atoms with Gasteiger partial charge >= 0.3 is 0 Å². The van der Waals surface area contributed by atoms with Crippen molar-refractivity contribution in [3.63, 3.8) is 0 Å². The van der Waals surface area contributed by atoms with Gasteiger partial charge in [0.05, 0.1) is 12.3 Å². The molecule has 0 aliphatic heterocycles. The summed E-state index contributed by atoms with van der Waals surface area (Å²) in [5.41, 5.74) is 5.27. The predicted molar refractivity (Wildman–Crippen MR) is 49.4 cm³/mol. The largest absolute Gasteiger partial charge is 0.485 e. The van der Waals surface area contributed by atoms with E-state index >= 15 is 0 Å². The Balaban J connectivity index is 2.80. The second kappa shape index (κ2) is 4.90. The van der Waals surface area contributed by atoms with Gasteiger partial charge in [-0.2, -0.15) is 4.39 Å². The van der Waals surface area contributed by atoms with Gasteiger partial charge in [-0.25, -0.2) is 4.39 Å². The van der Waals surface area contributed by atoms with Gasteiger partial charge in [0.25, 0.3) is 0 Å². The van der Waals surface area contributed by atoms with Crippen LogP contribution in [0.25, 0.3) is 0 Å². The number of halogens is 2. The number of hydrogen-bond acceptors (Lipinski definition) is 4. The average Bonchev–Trinajstić information content (AvgIpc) is 2.23. The summed E-state index contributed by atoms with van der Waals surface area (Å²) in [7, 11) is 0. The van der Waals surface area contributed by atoms with Crippen molar-refractivity contribution >= 4 is 5.69 Å². The van der Waals surface area contributed by atoms with Crippen LogP contribution in [0.5, 0.6) is 5.75 Å². The van der Waals surface area contributed by atoms with E-state index in [1.165, 1.54) is 0 Å². The van der Waals surface area contributed by atoms with Crippen LogP contribution in [0.15, 0.2) is 12.1 Å². The third-order valence-electron chi connectivity index (χ3n) is 1.71. The van der Waals surface area contributed by atoms with Crippen LogP contribution < -0.4 is 10.5 Å². The number of anilines is 1. The number of benzene rings is 1. The van der Waals surface area contributed by atoms with Gasteiger partial charge in [0.2, 0.25) is 5.82 Å². The molecule has 0 radical (unpaired) electrons. The van der Waals surface area contributed by atoms with Crippen molar-refractivity contribution < 1.29 is 23.7 Å². The highest BCUT2D eigenvalue weighted by molar-refractivity contribution is 5.53. The molecule has 6 heteroatoms. The maximum absolute atomic E-state index is 13.1. The van der Waals surface area contributed by atoms with E-state index in [2.05, 4.69) is 0 Å². The zero-order chi connectivity index (χ0) is 11.4. The third kappa shape index (κ3) is 2.77. The Morgan fingerprint density at radius 2 is 2.07 bits per heavy atom. The molecular formula is C9H11F2NO3. The molecule has 1 atom stereocenters. The minimum absolute atomic E-state index is 0.0703. The number of aliphatic hydroxyl groups is 2. The number of rotatable bonds is 4. The van der Waals surface area contributed by atoms with Crippen molar-refractivity contribution in [2.24, 2.45) is 0 Å². The Hall–Kier alpha value is -1.40. The fourth-order valence-corrected chi connectivity index (χ4v) is 0.926. The SMILES string of the molecule is Nc1ccc(F)c(F)c1OCC(O)CO. The topological polar surface area (TPSA) is 75.7 Å². The van der Waals surface area contributed by atoms with E-state index in [1.807, 2.05) is 0 Å². The highest BCUT2D eigenvalue weighted by Gasteiger charge is 2.14. The summed E-state index contributed by atoms with van der Waals surface area (Å²) in [6.45, 7) is -0.891. The quantitative estimate of drug-likeness (QED) is 0.636. The van der Waals surface area contributed by atoms with Gasteiger partial charge in [-0.3, -0.25) is 0 Å². The second-order valence-electron chi connectivity index (χ2n) is 2.93. The van der Waals surface area contributed by atoms with E-state index in [4.69, 9.17) is 20.7 Å². The van der Waals surface area contributed by atoms with Crippen molar-refractivity contribution in [2.45, 2.75) is 6.10 Å². The van der Waals surface area contributed by atoms with Gasteiger partial charge in [0.15, 0.2) is 11.6 Å². The molecule has 0 saturated heterocycles. The van der Waals surface area contributed by atoms with Gasteiger partial charge in [-0.05, 0) is 12.1 Å². The Morgan fingerprint density at radius 3 is 2.67 bits per heavy atom. The second-order valence-corrected chi connectivity index (χ2v) is 2.93. The van der Waals surface area contributed by atoms with Crippen molar-refractivity contribution in [3.8, 4) is 5.75 Å². The van der Waals surface area contributed by atoms with E-state index < -0.39 is 30.1 Å². The van der Waals surface area contributed by atoms with Crippen LogP contribution in [0, 0.1) is 11.6 Å². The molecule has 0 aromatic heterocycles. The maximum Gasteiger partial charge on any atom is 0.202 e. The molecule has 1 aromatic rings. The van der Waals surface area contributed by atoms with E-state index in [0.29, 0.717) is 0 Å². The van der Waals surface area contributed by atoms with Gasteiger partial charge < -0.3 is 20.7 Å². The van der Waals surface area contributed by atoms with Crippen LogP contribution in [0.1, 0.15) is 0 Å². The lowest BCUT2D eigenvalue weighted by Gasteiger charge is -2.12. The molecule has 0 bridgehead atoms. The smallest absolute Gasteiger partial charge is 0.202 e. The molecule has 4 nitrogen and oxygen atoms in total. The number of nitrogens with two attached hydrogens (primary N) is 1. The first-order valence-electron chi connectivity index (χ1n) is 4.21. The standard InChI is InChI=1S/C9H11F2NO3/c10-6-1-2-7(12)9(8(6)11)15-4-5(14)3-13/h1-2,5,13-14H,3-4,12H2. The number of hydrogen-bond donors (Lipinski definition) is 3. The van der Waals surface area contributed by atoms with Gasteiger partial charge in [-0.15, -0.1) is 0 Å². The number of aliphatic hydroxyl groups excluding tert-OH is 2. The molecule has 0 fully saturated rings. The molecule has 84 valence electrons. The molecular weight excluding hydrogens is 208 g/mol. The van der Waals surface area contributed by atoms with Crippen LogP contribution in [-0.4, -0.2) is 29.5 Å². The number of ether oxygens (including phenoxy) is 1. The maximum atomic E-state index is 13.1. The van der Waals surface area contributed by atoms with Crippen molar-refractivity contribution in [3.05, 3.63) is 23.8 Å². The van der Waals surface area contributed by atoms with E-state index in [0.717, 1.165) is 12.1 Å². The van der Waals surface area contributed by atoms with Crippen LogP contribution in [0.3, 0.4) is 0 Å². The van der Waals surface area contributed by atoms with Crippen LogP contribution >= 0.6 is 0 Å². The first-order chi connectivity index (χ1) is 7.06. The van der Waals surface area contributed by atoms with Crippen molar-refractivity contribution in [1.82, 2.24) is 0 Å². The summed E-state index contributed by atoms with van der Waals surface area (Å²) in [6, 6.07) is 2.03. The minimum atomic E-state index is -1.21. The Kier molecular flexibility index (Phi) is 3.81. The van der Waals surface area contributed by atoms with Crippen LogP contribution in [0.2, 0.25) is 0 Å². The zero-order valence-corrected chi connectivity index (χ0v) is 7.78. The molecule has 0 saturated carbocycles. The summed E-state index contributed by atoms with van der Waals surface area (Å²) < 4.78 is 30.6. The molecule has 1 rings (SSSR count). The van der Waals surface area contributed by atoms with Crippen LogP contribution in [-0.2, 0) is 0 Å². The first-order valence-corrected chi connectivity index (χ1v) is 4.21. The predicted octanol–water partition coefficient (Wildman–Crippen LogP) is 0.279. The molecule has 0 aliphatic carbocycles. The molecule has 0 amide bonds. The Labute approximate surface area is 84.9 Å². The summed E-state index contributed by atoms with van der Waals surface area (Å²) in [5, 5.41) is 17.4. The van der Waals surface area contributed by atoms with E-state index in [1.54, 1.807) is 0 Å². The summed E-state index contributed by atoms with van der Waals surface area (Å²) in [6.07, 6.45) is -1.16. The van der Waals surface area contributed by atoms with E-state index in [-0.39, 0.29) is 12.3 Å². The molecule has 15 heavy (non-hydrogen) atoms. The van der Waals surface area contributed by atoms with Crippen LogP contribution in [0.4, 0.5) is 14.5 Å². The Morgan fingerprint density at radius 1 is 1.40 bits per heavy atom. The lowest BCUT2D eigenvalue weighted by molar-refractivity contribution is 0.0524. The fourth-order valence-electron chi connectivity index (χ4n) is 0.926. The minimum Gasteiger partial charge on any atom is -0.485 e. The zero-order valence-electron chi connectivity index (χ0n) is 7.78. The lowest BCUT2D eigenvalue weighted by Crippen LogP contribution is -2.22. The summed E-state index contributed by atoms with van der Waals surface area (Å²) in [5.74, 6) is -2.75. The lowest BCUT2D eigenvalue weighted by atomic mass is 10.2. The monoisotopic (exact) mass is 219 g/mol. The van der Waals surface area contributed by atoms with Gasteiger partial charge in [0.1, 0.15) is 12.7 Å². The number of nitrogen functional groups attached to an aromatic ring is 1. The third-order valence-corrected chi connectivity index (χ3v) is 1.71. The fraction of sp³-hybridized carbons (Fsp3) is 0.333. The Bertz CT molecular complexity index is 346. The molecule has 1 aromatic carbocycles. The van der Waals surface area contributed by atoms with Gasteiger partial charge in [0, 0.05) is 0 Å². The van der Waals surface area contributed by atoms with Crippen molar-refractivity contribution in [2.75, 3.05) is 18.9 Å². The molecule has 1 unspecified atom stereocenters. The average molecular weight is 219 g/mol. The normalized spacial score (nSPS) is 12.5. The molecule has 4 N–H and O–H groups in total.